The maximum Gasteiger partial charge on any atom is 0.229 e. The Morgan fingerprint density at radius 3 is 2.61 bits per heavy atom. The number of allylic oxidation sites excluding steroid dienone is 3. The lowest BCUT2D eigenvalue weighted by Crippen LogP contribution is -2.49. The van der Waals surface area contributed by atoms with E-state index in [0.717, 1.165) is 44.1 Å². The molecule has 168 valence electrons. The molecule has 2 N–H and O–H groups in total. The van der Waals surface area contributed by atoms with Crippen LogP contribution < -0.4 is 4.72 Å². The van der Waals surface area contributed by atoms with Gasteiger partial charge in [-0.3, -0.25) is 9.71 Å². The number of anilines is 1. The van der Waals surface area contributed by atoms with Gasteiger partial charge >= 0.3 is 0 Å². The van der Waals surface area contributed by atoms with E-state index in [1.807, 2.05) is 12.3 Å². The zero-order valence-corrected chi connectivity index (χ0v) is 19.6. The van der Waals surface area contributed by atoms with Crippen LogP contribution in [0.4, 0.5) is 5.69 Å². The molecule has 6 unspecified atom stereocenters. The summed E-state index contributed by atoms with van der Waals surface area (Å²) in [7, 11) is -3.33. The topological polar surface area (TPSA) is 79.3 Å². The second kappa shape index (κ2) is 7.17. The minimum atomic E-state index is -3.33. The smallest absolute Gasteiger partial charge is 0.229 e. The van der Waals surface area contributed by atoms with Crippen LogP contribution in [-0.4, -0.2) is 30.9 Å². The molecule has 0 aromatic carbocycles. The predicted molar refractivity (Wildman–Crippen MR) is 124 cm³/mol. The van der Waals surface area contributed by atoms with Gasteiger partial charge in [0.25, 0.3) is 0 Å². The van der Waals surface area contributed by atoms with Crippen LogP contribution in [0.1, 0.15) is 64.4 Å². The average molecular weight is 443 g/mol. The van der Waals surface area contributed by atoms with Crippen molar-refractivity contribution in [3.63, 3.8) is 0 Å². The maximum atomic E-state index is 11.7. The van der Waals surface area contributed by atoms with Crippen LogP contribution in [0.5, 0.6) is 0 Å². The molecule has 0 bridgehead atoms. The number of aliphatic hydroxyl groups is 1. The third-order valence-electron chi connectivity index (χ3n) is 9.01. The van der Waals surface area contributed by atoms with Gasteiger partial charge in [-0.25, -0.2) is 8.42 Å². The number of sulfonamides is 1. The molecule has 0 aliphatic heterocycles. The van der Waals surface area contributed by atoms with Gasteiger partial charge in [0.15, 0.2) is 0 Å². The molecule has 31 heavy (non-hydrogen) atoms. The zero-order valence-electron chi connectivity index (χ0n) is 18.8. The first-order valence-electron chi connectivity index (χ1n) is 11.6. The van der Waals surface area contributed by atoms with Crippen molar-refractivity contribution in [1.29, 1.82) is 0 Å². The van der Waals surface area contributed by atoms with Gasteiger partial charge in [-0.1, -0.05) is 31.6 Å². The number of hydrogen-bond acceptors (Lipinski definition) is 4. The van der Waals surface area contributed by atoms with E-state index in [0.29, 0.717) is 23.4 Å². The summed E-state index contributed by atoms with van der Waals surface area (Å²) in [5, 5.41) is 10.2. The summed E-state index contributed by atoms with van der Waals surface area (Å²) in [4.78, 5) is 4.33. The summed E-state index contributed by atoms with van der Waals surface area (Å²) < 4.78 is 25.9. The fraction of sp³-hybridized carbons (Fsp3) is 0.640. The SMILES string of the molecule is CC12CCC(O)CC1=CCC1C2CCC2(C)C(c3cncc(NS(C)(=O)=O)c3)=CCC12. The third-order valence-corrected chi connectivity index (χ3v) is 9.62. The van der Waals surface area contributed by atoms with Gasteiger partial charge in [0.1, 0.15) is 0 Å². The Kier molecular flexibility index (Phi) is 4.91. The van der Waals surface area contributed by atoms with Gasteiger partial charge in [-0.05, 0) is 90.7 Å². The maximum absolute atomic E-state index is 11.7. The van der Waals surface area contributed by atoms with Crippen LogP contribution in [0, 0.1) is 28.6 Å². The number of hydrogen-bond donors (Lipinski definition) is 2. The monoisotopic (exact) mass is 442 g/mol. The normalized spacial score (nSPS) is 39.6. The molecule has 0 saturated heterocycles. The number of aliphatic hydroxyl groups excluding tert-OH is 1. The van der Waals surface area contributed by atoms with E-state index in [1.54, 1.807) is 6.20 Å². The van der Waals surface area contributed by atoms with Gasteiger partial charge in [0.05, 0.1) is 24.2 Å². The van der Waals surface area contributed by atoms with Crippen molar-refractivity contribution in [3.8, 4) is 0 Å². The molecule has 6 heteroatoms. The average Bonchev–Trinajstić information content (AvgIpc) is 3.05. The van der Waals surface area contributed by atoms with E-state index in [1.165, 1.54) is 23.8 Å². The zero-order chi connectivity index (χ0) is 22.0. The lowest BCUT2D eigenvalue weighted by Gasteiger charge is -2.57. The van der Waals surface area contributed by atoms with Gasteiger partial charge in [-0.2, -0.15) is 0 Å². The molecule has 5 nitrogen and oxygen atoms in total. The summed E-state index contributed by atoms with van der Waals surface area (Å²) in [5.41, 5.74) is 4.75. The highest BCUT2D eigenvalue weighted by Crippen LogP contribution is 2.66. The Morgan fingerprint density at radius 2 is 1.84 bits per heavy atom. The Bertz CT molecular complexity index is 1060. The fourth-order valence-electron chi connectivity index (χ4n) is 7.51. The second-order valence-corrected chi connectivity index (χ2v) is 12.6. The molecule has 0 amide bonds. The first-order chi connectivity index (χ1) is 14.6. The number of rotatable bonds is 3. The molecule has 1 aromatic heterocycles. The van der Waals surface area contributed by atoms with Gasteiger partial charge in [0.2, 0.25) is 10.0 Å². The third kappa shape index (κ3) is 3.46. The van der Waals surface area contributed by atoms with E-state index in [4.69, 9.17) is 0 Å². The molecule has 0 radical (unpaired) electrons. The summed E-state index contributed by atoms with van der Waals surface area (Å²) in [6.07, 6.45) is 16.8. The molecule has 1 heterocycles. The first-order valence-corrected chi connectivity index (χ1v) is 13.5. The molecule has 1 aromatic rings. The van der Waals surface area contributed by atoms with Crippen molar-refractivity contribution < 1.29 is 13.5 Å². The number of fused-ring (bicyclic) bond motifs is 5. The van der Waals surface area contributed by atoms with Crippen molar-refractivity contribution in [2.24, 2.45) is 28.6 Å². The Balaban J connectivity index is 1.44. The lowest BCUT2D eigenvalue weighted by atomic mass is 9.47. The van der Waals surface area contributed by atoms with Crippen LogP contribution in [0.15, 0.2) is 36.2 Å². The highest BCUT2D eigenvalue weighted by Gasteiger charge is 2.56. The largest absolute Gasteiger partial charge is 0.393 e. The van der Waals surface area contributed by atoms with Crippen LogP contribution in [0.3, 0.4) is 0 Å². The van der Waals surface area contributed by atoms with E-state index in [2.05, 4.69) is 35.7 Å². The highest BCUT2D eigenvalue weighted by molar-refractivity contribution is 7.92. The van der Waals surface area contributed by atoms with Crippen molar-refractivity contribution in [3.05, 3.63) is 41.7 Å². The minimum absolute atomic E-state index is 0.0996. The Morgan fingerprint density at radius 1 is 1.06 bits per heavy atom. The van der Waals surface area contributed by atoms with E-state index >= 15 is 0 Å². The molecular weight excluding hydrogens is 408 g/mol. The first kappa shape index (κ1) is 21.2. The quantitative estimate of drug-likeness (QED) is 0.661. The highest BCUT2D eigenvalue weighted by atomic mass is 32.2. The molecule has 2 saturated carbocycles. The van der Waals surface area contributed by atoms with E-state index < -0.39 is 10.0 Å². The van der Waals surface area contributed by atoms with Gasteiger partial charge < -0.3 is 5.11 Å². The van der Waals surface area contributed by atoms with E-state index in [9.17, 15) is 13.5 Å². The second-order valence-electron chi connectivity index (χ2n) is 10.8. The molecule has 2 fully saturated rings. The summed E-state index contributed by atoms with van der Waals surface area (Å²) in [5.74, 6) is 1.97. The number of nitrogens with one attached hydrogen (secondary N) is 1. The van der Waals surface area contributed by atoms with Crippen molar-refractivity contribution in [2.75, 3.05) is 11.0 Å². The van der Waals surface area contributed by atoms with Crippen LogP contribution >= 0.6 is 0 Å². The summed E-state index contributed by atoms with van der Waals surface area (Å²) in [6, 6.07) is 1.93. The fourth-order valence-corrected chi connectivity index (χ4v) is 8.05. The molecule has 4 aliphatic carbocycles. The van der Waals surface area contributed by atoms with Crippen molar-refractivity contribution >= 4 is 21.3 Å². The number of pyridine rings is 1. The number of aromatic nitrogens is 1. The van der Waals surface area contributed by atoms with Gasteiger partial charge in [-0.15, -0.1) is 0 Å². The molecule has 6 atom stereocenters. The minimum Gasteiger partial charge on any atom is -0.393 e. The molecule has 5 rings (SSSR count). The van der Waals surface area contributed by atoms with Crippen LogP contribution in [0.2, 0.25) is 0 Å². The molecule has 4 aliphatic rings. The molecular formula is C25H34N2O3S. The van der Waals surface area contributed by atoms with Crippen molar-refractivity contribution in [2.45, 2.75) is 64.9 Å². The molecule has 0 spiro atoms. The van der Waals surface area contributed by atoms with Crippen LogP contribution in [0.25, 0.3) is 5.57 Å². The summed E-state index contributed by atoms with van der Waals surface area (Å²) >= 11 is 0. The van der Waals surface area contributed by atoms with Crippen LogP contribution in [-0.2, 0) is 10.0 Å². The lowest BCUT2D eigenvalue weighted by molar-refractivity contribution is -0.0238. The number of nitrogens with zero attached hydrogens (tertiary/aromatic N) is 1. The predicted octanol–water partition coefficient (Wildman–Crippen LogP) is 4.77. The summed E-state index contributed by atoms with van der Waals surface area (Å²) in [6.45, 7) is 4.87. The van der Waals surface area contributed by atoms with E-state index in [-0.39, 0.29) is 16.9 Å². The van der Waals surface area contributed by atoms with Gasteiger partial charge in [0, 0.05) is 6.20 Å². The van der Waals surface area contributed by atoms with Crippen molar-refractivity contribution in [1.82, 2.24) is 4.98 Å². The Hall–Kier alpha value is -1.66. The Labute approximate surface area is 186 Å². The standard InChI is InChI=1S/C25H34N2O3S/c1-24-10-8-19(28)13-17(24)4-5-20-22-7-6-21(25(22,2)11-9-23(20)24)16-12-18(15-26-14-16)27-31(3,29)30/h4,6,12,14-15,19-20,22-23,27-28H,5,7-11,13H2,1-3H3.